The van der Waals surface area contributed by atoms with E-state index >= 15 is 0 Å². The maximum Gasteiger partial charge on any atom is 0.239 e. The molecule has 0 aromatic carbocycles. The van der Waals surface area contributed by atoms with Gasteiger partial charge < -0.3 is 34.1 Å². The second-order valence-electron chi connectivity index (χ2n) is 20.4. The summed E-state index contributed by atoms with van der Waals surface area (Å²) in [7, 11) is 0. The van der Waals surface area contributed by atoms with Crippen LogP contribution in [0.2, 0.25) is 0 Å². The standard InChI is InChI=1S/C42H70N2O7/c1-10-48-35(38(6,7)47)27-22-25(2)32-33(50-27)34(45)40(9)29-13-12-28-37(4,5)30(14-15-41(28)24-42(29,41)17-16-39(32,40)8)51-31-23-44(20-21-49-31)26(3)36(46)43-18-11-19-43/h25-35,45,47H,10-24H2,1-9H3/t25-,26-,27?,28+,29?,30+,31+,32+,33?,34+,35+,39-,40-,41-,42?/m1/s1. The first kappa shape index (κ1) is 37.1. The van der Waals surface area contributed by atoms with Gasteiger partial charge >= 0.3 is 0 Å². The fraction of sp³-hybridized carbons (Fsp3) is 0.976. The first-order valence-electron chi connectivity index (χ1n) is 20.9. The van der Waals surface area contributed by atoms with Gasteiger partial charge in [0, 0.05) is 31.7 Å². The summed E-state index contributed by atoms with van der Waals surface area (Å²) in [5.74, 6) is 1.97. The highest BCUT2D eigenvalue weighted by Gasteiger charge is 2.84. The van der Waals surface area contributed by atoms with Gasteiger partial charge in [-0.1, -0.05) is 34.6 Å². The van der Waals surface area contributed by atoms with Crippen LogP contribution < -0.4 is 0 Å². The molecule has 8 rings (SSSR count). The summed E-state index contributed by atoms with van der Waals surface area (Å²) >= 11 is 0. The Bertz CT molecular complexity index is 1350. The van der Waals surface area contributed by atoms with E-state index in [0.717, 1.165) is 51.7 Å². The Morgan fingerprint density at radius 2 is 1.73 bits per heavy atom. The largest absolute Gasteiger partial charge is 0.390 e. The number of fused-ring (bicyclic) bond motifs is 4. The molecule has 5 aliphatic carbocycles. The third-order valence-corrected chi connectivity index (χ3v) is 17.6. The van der Waals surface area contributed by atoms with Crippen LogP contribution in [-0.2, 0) is 23.7 Å². The first-order valence-corrected chi connectivity index (χ1v) is 20.9. The molecule has 3 heterocycles. The van der Waals surface area contributed by atoms with Gasteiger partial charge in [0.2, 0.25) is 5.91 Å². The Labute approximate surface area is 307 Å². The predicted molar refractivity (Wildman–Crippen MR) is 195 cm³/mol. The van der Waals surface area contributed by atoms with Gasteiger partial charge in [0.25, 0.3) is 0 Å². The minimum absolute atomic E-state index is 0.00194. The van der Waals surface area contributed by atoms with Gasteiger partial charge in [-0.15, -0.1) is 0 Å². The van der Waals surface area contributed by atoms with Crippen molar-refractivity contribution in [3.8, 4) is 0 Å². The minimum Gasteiger partial charge on any atom is -0.390 e. The third-order valence-electron chi connectivity index (χ3n) is 17.6. The molecule has 51 heavy (non-hydrogen) atoms. The van der Waals surface area contributed by atoms with Crippen molar-refractivity contribution in [1.29, 1.82) is 0 Å². The SMILES string of the molecule is CCO[C@@H](C1C[C@@H](C)[C@H]2C(O1)[C@H](O)[C@@]1(C)C3CC[C@H]4C(C)(C)[C@@H](O[C@H]5CN([C@H](C)C(=O)N6CCC6)CCO5)CC[C@@]45CC35CC[C@]21C)C(C)(C)O. The smallest absolute Gasteiger partial charge is 0.239 e. The van der Waals surface area contributed by atoms with Gasteiger partial charge in [-0.3, -0.25) is 9.69 Å². The summed E-state index contributed by atoms with van der Waals surface area (Å²) in [6.07, 6.45) is 8.60. The molecule has 8 fully saturated rings. The normalized spacial score (nSPS) is 50.1. The molecular formula is C42H70N2O7. The molecule has 15 atom stereocenters. The molecule has 0 bridgehead atoms. The number of aliphatic hydroxyl groups is 2. The predicted octanol–water partition coefficient (Wildman–Crippen LogP) is 5.64. The summed E-state index contributed by atoms with van der Waals surface area (Å²) in [6.45, 7) is 24.3. The van der Waals surface area contributed by atoms with Crippen LogP contribution in [0.1, 0.15) is 120 Å². The zero-order valence-electron chi connectivity index (χ0n) is 33.3. The number of likely N-dealkylation sites (tertiary alicyclic amines) is 1. The van der Waals surface area contributed by atoms with E-state index in [-0.39, 0.29) is 58.2 Å². The number of rotatable bonds is 8. The number of nitrogens with zero attached hydrogens (tertiary/aromatic N) is 2. The fourth-order valence-corrected chi connectivity index (χ4v) is 14.9. The number of hydrogen-bond acceptors (Lipinski definition) is 8. The summed E-state index contributed by atoms with van der Waals surface area (Å²) in [5, 5.41) is 23.7. The van der Waals surface area contributed by atoms with Gasteiger partial charge in [-0.2, -0.15) is 0 Å². The van der Waals surface area contributed by atoms with Crippen molar-refractivity contribution in [2.45, 2.75) is 169 Å². The molecule has 9 nitrogen and oxygen atoms in total. The molecule has 0 aromatic rings. The highest BCUT2D eigenvalue weighted by molar-refractivity contribution is 5.82. The van der Waals surface area contributed by atoms with E-state index in [0.29, 0.717) is 48.8 Å². The van der Waals surface area contributed by atoms with Gasteiger partial charge in [0.05, 0.1) is 49.2 Å². The molecule has 0 radical (unpaired) electrons. The molecule has 8 aliphatic rings. The van der Waals surface area contributed by atoms with Crippen molar-refractivity contribution in [1.82, 2.24) is 9.80 Å². The van der Waals surface area contributed by atoms with Gasteiger partial charge in [-0.25, -0.2) is 0 Å². The van der Waals surface area contributed by atoms with Crippen molar-refractivity contribution in [2.24, 2.45) is 50.7 Å². The van der Waals surface area contributed by atoms with Crippen LogP contribution in [0.3, 0.4) is 0 Å². The second kappa shape index (κ2) is 12.3. The topological polar surface area (TPSA) is 101 Å². The molecule has 290 valence electrons. The number of hydrogen-bond donors (Lipinski definition) is 2. The molecule has 3 saturated heterocycles. The Morgan fingerprint density at radius 1 is 1.02 bits per heavy atom. The van der Waals surface area contributed by atoms with Crippen LogP contribution in [0.25, 0.3) is 0 Å². The summed E-state index contributed by atoms with van der Waals surface area (Å²) in [6, 6.07) is -0.135. The van der Waals surface area contributed by atoms with Crippen LogP contribution in [0.5, 0.6) is 0 Å². The van der Waals surface area contributed by atoms with Crippen molar-refractivity contribution in [2.75, 3.05) is 39.4 Å². The molecule has 3 aliphatic heterocycles. The van der Waals surface area contributed by atoms with Crippen molar-refractivity contribution < 1.29 is 34.0 Å². The molecule has 0 aromatic heterocycles. The lowest BCUT2D eigenvalue weighted by molar-refractivity contribution is -0.250. The lowest BCUT2D eigenvalue weighted by Crippen LogP contribution is -2.60. The summed E-state index contributed by atoms with van der Waals surface area (Å²) in [4.78, 5) is 17.3. The molecule has 1 amide bonds. The number of ether oxygens (including phenoxy) is 4. The summed E-state index contributed by atoms with van der Waals surface area (Å²) in [5.41, 5.74) is -0.659. The molecule has 2 N–H and O–H groups in total. The summed E-state index contributed by atoms with van der Waals surface area (Å²) < 4.78 is 26.3. The van der Waals surface area contributed by atoms with Crippen LogP contribution in [0, 0.1) is 50.7 Å². The van der Waals surface area contributed by atoms with Crippen molar-refractivity contribution in [3.05, 3.63) is 0 Å². The first-order chi connectivity index (χ1) is 24.0. The maximum absolute atomic E-state index is 13.0. The monoisotopic (exact) mass is 715 g/mol. The van der Waals surface area contributed by atoms with Crippen molar-refractivity contribution >= 4 is 5.91 Å². The zero-order valence-corrected chi connectivity index (χ0v) is 33.3. The van der Waals surface area contributed by atoms with E-state index in [9.17, 15) is 15.0 Å². The quantitative estimate of drug-likeness (QED) is 0.334. The number of aliphatic hydroxyl groups excluding tert-OH is 1. The Morgan fingerprint density at radius 3 is 2.39 bits per heavy atom. The van der Waals surface area contributed by atoms with E-state index in [1.165, 1.54) is 25.7 Å². The number of carbonyl (C=O) groups excluding carboxylic acids is 1. The van der Waals surface area contributed by atoms with Crippen LogP contribution in [0.4, 0.5) is 0 Å². The molecule has 4 unspecified atom stereocenters. The van der Waals surface area contributed by atoms with Gasteiger partial charge in [0.1, 0.15) is 6.10 Å². The van der Waals surface area contributed by atoms with Crippen molar-refractivity contribution in [3.63, 3.8) is 0 Å². The lowest BCUT2D eigenvalue weighted by Gasteiger charge is -2.64. The Hall–Kier alpha value is -0.810. The zero-order chi connectivity index (χ0) is 36.5. The highest BCUT2D eigenvalue weighted by atomic mass is 16.7. The molecule has 5 saturated carbocycles. The number of carbonyl (C=O) groups is 1. The molecular weight excluding hydrogens is 644 g/mol. The van der Waals surface area contributed by atoms with Gasteiger partial charge in [-0.05, 0) is 131 Å². The van der Waals surface area contributed by atoms with E-state index in [2.05, 4.69) is 39.5 Å². The average molecular weight is 715 g/mol. The van der Waals surface area contributed by atoms with Crippen LogP contribution >= 0.6 is 0 Å². The molecule has 9 heteroatoms. The fourth-order valence-electron chi connectivity index (χ4n) is 14.9. The minimum atomic E-state index is -1.02. The van der Waals surface area contributed by atoms with Crippen LogP contribution in [-0.4, -0.2) is 114 Å². The number of amides is 1. The van der Waals surface area contributed by atoms with E-state index in [4.69, 9.17) is 18.9 Å². The van der Waals surface area contributed by atoms with E-state index in [1.807, 2.05) is 32.6 Å². The highest BCUT2D eigenvalue weighted by Crippen LogP contribution is 2.89. The average Bonchev–Trinajstić information content (AvgIpc) is 3.68. The lowest BCUT2D eigenvalue weighted by atomic mass is 9.41. The molecule has 2 spiro atoms. The van der Waals surface area contributed by atoms with E-state index < -0.39 is 17.8 Å². The number of morpholine rings is 1. The third kappa shape index (κ3) is 5.13. The Balaban J connectivity index is 0.993. The van der Waals surface area contributed by atoms with Crippen LogP contribution in [0.15, 0.2) is 0 Å². The Kier molecular flexibility index (Phi) is 8.99. The maximum atomic E-state index is 13.0. The van der Waals surface area contributed by atoms with Gasteiger partial charge in [0.15, 0.2) is 6.29 Å². The second-order valence-corrected chi connectivity index (χ2v) is 20.4. The van der Waals surface area contributed by atoms with E-state index in [1.54, 1.807) is 0 Å².